The van der Waals surface area contributed by atoms with E-state index in [1.165, 1.54) is 0 Å². The van der Waals surface area contributed by atoms with Gasteiger partial charge in [0, 0.05) is 11.1 Å². The Hall–Kier alpha value is -4.98. The normalized spacial score (nSPS) is 11.8. The summed E-state index contributed by atoms with van der Waals surface area (Å²) in [5, 5.41) is 0. The molecule has 3 aromatic carbocycles. The summed E-state index contributed by atoms with van der Waals surface area (Å²) in [5.41, 5.74) is 5.42. The van der Waals surface area contributed by atoms with Gasteiger partial charge in [-0.15, -0.1) is 0 Å². The molecule has 0 bridgehead atoms. The third-order valence-corrected chi connectivity index (χ3v) is 6.15. The lowest BCUT2D eigenvalue weighted by Crippen LogP contribution is -2.10. The number of imidazole rings is 2. The summed E-state index contributed by atoms with van der Waals surface area (Å²) >= 11 is 0. The quantitative estimate of drug-likeness (QED) is 0.421. The maximum absolute atomic E-state index is 12.6. The van der Waals surface area contributed by atoms with E-state index in [1.54, 1.807) is 12.4 Å². The van der Waals surface area contributed by atoms with E-state index in [0.29, 0.717) is 22.7 Å². The van der Waals surface area contributed by atoms with Gasteiger partial charge in [0.1, 0.15) is 22.7 Å². The van der Waals surface area contributed by atoms with Crippen molar-refractivity contribution >= 4 is 33.1 Å². The first-order valence-electron chi connectivity index (χ1n) is 10.8. The van der Waals surface area contributed by atoms with Crippen LogP contribution in [-0.4, -0.2) is 28.7 Å². The van der Waals surface area contributed by atoms with Crippen molar-refractivity contribution < 1.29 is 0 Å². The number of aromatic nitrogens is 6. The Morgan fingerprint density at radius 2 is 1.03 bits per heavy atom. The van der Waals surface area contributed by atoms with E-state index in [0.717, 1.165) is 33.2 Å². The lowest BCUT2D eigenvalue weighted by atomic mass is 10.1. The fourth-order valence-electron chi connectivity index (χ4n) is 4.64. The molecule has 0 atom stereocenters. The van der Waals surface area contributed by atoms with Gasteiger partial charge < -0.3 is 9.97 Å². The number of rotatable bonds is 2. The standard InChI is InChI=1S/C26H16N6O2/c33-25-21-13-27-23(31(21)19-10-3-1-8-17(19)29-25)15-6-5-7-16(12-15)24-28-14-22-26(34)30-18-9-2-4-11-20(18)32(22)24/h1-14H,(H,29,33)(H,30,34). The molecule has 7 rings (SSSR count). The molecule has 4 aromatic heterocycles. The minimum Gasteiger partial charge on any atom is -0.319 e. The molecule has 0 aliphatic heterocycles. The molecular formula is C26H16N6O2. The summed E-state index contributed by atoms with van der Waals surface area (Å²) in [6.45, 7) is 0. The van der Waals surface area contributed by atoms with Gasteiger partial charge >= 0.3 is 0 Å². The van der Waals surface area contributed by atoms with Gasteiger partial charge in [0.25, 0.3) is 11.1 Å². The van der Waals surface area contributed by atoms with Crippen LogP contribution in [0, 0.1) is 0 Å². The SMILES string of the molecule is O=c1[nH]c2ccccc2n2c(-c3cccc(-c4ncc5c(=O)[nH]c6ccccc6n45)c3)ncc12. The number of H-pyrrole nitrogens is 2. The smallest absolute Gasteiger partial charge is 0.274 e. The average Bonchev–Trinajstić information content (AvgIpc) is 3.51. The largest absolute Gasteiger partial charge is 0.319 e. The molecule has 0 saturated heterocycles. The molecule has 7 aromatic rings. The first kappa shape index (κ1) is 18.6. The van der Waals surface area contributed by atoms with E-state index in [-0.39, 0.29) is 11.1 Å². The molecule has 162 valence electrons. The fraction of sp³-hybridized carbons (Fsp3) is 0. The van der Waals surface area contributed by atoms with Crippen molar-refractivity contribution in [2.45, 2.75) is 0 Å². The molecule has 8 heteroatoms. The van der Waals surface area contributed by atoms with Gasteiger partial charge in [0.2, 0.25) is 0 Å². The number of hydrogen-bond donors (Lipinski definition) is 2. The van der Waals surface area contributed by atoms with Crippen molar-refractivity contribution in [3.63, 3.8) is 0 Å². The minimum absolute atomic E-state index is 0.196. The van der Waals surface area contributed by atoms with Gasteiger partial charge in [-0.3, -0.25) is 18.4 Å². The summed E-state index contributed by atoms with van der Waals surface area (Å²) in [7, 11) is 0. The molecule has 0 saturated carbocycles. The molecule has 34 heavy (non-hydrogen) atoms. The molecule has 0 spiro atoms. The van der Waals surface area contributed by atoms with Crippen molar-refractivity contribution in [3.8, 4) is 22.8 Å². The lowest BCUT2D eigenvalue weighted by Gasteiger charge is -2.09. The number of nitrogens with zero attached hydrogens (tertiary/aromatic N) is 4. The van der Waals surface area contributed by atoms with Crippen LogP contribution in [-0.2, 0) is 0 Å². The van der Waals surface area contributed by atoms with Crippen LogP contribution in [0.5, 0.6) is 0 Å². The third-order valence-electron chi connectivity index (χ3n) is 6.15. The Morgan fingerprint density at radius 3 is 1.53 bits per heavy atom. The highest BCUT2D eigenvalue weighted by molar-refractivity contribution is 5.83. The molecule has 4 heterocycles. The highest BCUT2D eigenvalue weighted by atomic mass is 16.1. The molecule has 8 nitrogen and oxygen atoms in total. The van der Waals surface area contributed by atoms with E-state index >= 15 is 0 Å². The number of hydrogen-bond acceptors (Lipinski definition) is 4. The Kier molecular flexibility index (Phi) is 3.69. The van der Waals surface area contributed by atoms with Crippen molar-refractivity contribution in [2.24, 2.45) is 0 Å². The zero-order valence-corrected chi connectivity index (χ0v) is 17.7. The van der Waals surface area contributed by atoms with Crippen LogP contribution in [0.4, 0.5) is 0 Å². The van der Waals surface area contributed by atoms with E-state index in [9.17, 15) is 9.59 Å². The second kappa shape index (κ2) is 6.76. The molecule has 2 N–H and O–H groups in total. The lowest BCUT2D eigenvalue weighted by molar-refractivity contribution is 1.16. The summed E-state index contributed by atoms with van der Waals surface area (Å²) in [5.74, 6) is 1.31. The van der Waals surface area contributed by atoms with Crippen molar-refractivity contribution in [3.05, 3.63) is 106 Å². The molecular weight excluding hydrogens is 428 g/mol. The number of nitrogens with one attached hydrogen (secondary N) is 2. The molecule has 0 amide bonds. The van der Waals surface area contributed by atoms with Crippen LogP contribution in [0.3, 0.4) is 0 Å². The number of fused-ring (bicyclic) bond motifs is 6. The van der Waals surface area contributed by atoms with E-state index in [4.69, 9.17) is 0 Å². The molecule has 0 aliphatic rings. The van der Waals surface area contributed by atoms with Crippen molar-refractivity contribution in [2.75, 3.05) is 0 Å². The minimum atomic E-state index is -0.196. The van der Waals surface area contributed by atoms with E-state index in [1.807, 2.05) is 81.6 Å². The third kappa shape index (κ3) is 2.53. The van der Waals surface area contributed by atoms with Gasteiger partial charge in [-0.2, -0.15) is 0 Å². The average molecular weight is 444 g/mol. The van der Waals surface area contributed by atoms with Crippen LogP contribution in [0.15, 0.2) is 94.8 Å². The zero-order chi connectivity index (χ0) is 22.8. The van der Waals surface area contributed by atoms with Gasteiger partial charge in [0.05, 0.1) is 34.5 Å². The number of aromatic amines is 2. The Morgan fingerprint density at radius 1 is 0.559 bits per heavy atom. The Bertz CT molecular complexity index is 1880. The van der Waals surface area contributed by atoms with Crippen LogP contribution in [0.2, 0.25) is 0 Å². The fourth-order valence-corrected chi connectivity index (χ4v) is 4.64. The van der Waals surface area contributed by atoms with E-state index in [2.05, 4.69) is 19.9 Å². The van der Waals surface area contributed by atoms with Crippen LogP contribution in [0.1, 0.15) is 0 Å². The molecule has 0 aliphatic carbocycles. The predicted molar refractivity (Wildman–Crippen MR) is 131 cm³/mol. The summed E-state index contributed by atoms with van der Waals surface area (Å²) in [4.78, 5) is 40.3. The highest BCUT2D eigenvalue weighted by Gasteiger charge is 2.16. The first-order chi connectivity index (χ1) is 16.7. The first-order valence-corrected chi connectivity index (χ1v) is 10.8. The number of para-hydroxylation sites is 4. The Labute approximate surface area is 190 Å². The maximum atomic E-state index is 12.6. The van der Waals surface area contributed by atoms with Gasteiger partial charge in [-0.1, -0.05) is 42.5 Å². The molecule has 0 radical (unpaired) electrons. The predicted octanol–water partition coefficient (Wildman–Crippen LogP) is 4.00. The zero-order valence-electron chi connectivity index (χ0n) is 17.7. The van der Waals surface area contributed by atoms with E-state index < -0.39 is 0 Å². The number of benzene rings is 3. The van der Waals surface area contributed by atoms with Crippen molar-refractivity contribution in [1.29, 1.82) is 0 Å². The van der Waals surface area contributed by atoms with Crippen LogP contribution in [0.25, 0.3) is 55.9 Å². The molecule has 0 unspecified atom stereocenters. The second-order valence-corrected chi connectivity index (χ2v) is 8.13. The summed E-state index contributed by atoms with van der Waals surface area (Å²) < 4.78 is 3.74. The van der Waals surface area contributed by atoms with Crippen LogP contribution < -0.4 is 11.1 Å². The molecule has 0 fully saturated rings. The van der Waals surface area contributed by atoms with Gasteiger partial charge in [-0.25, -0.2) is 9.97 Å². The van der Waals surface area contributed by atoms with Gasteiger partial charge in [-0.05, 0) is 30.3 Å². The monoisotopic (exact) mass is 444 g/mol. The maximum Gasteiger partial charge on any atom is 0.274 e. The van der Waals surface area contributed by atoms with Crippen molar-refractivity contribution in [1.82, 2.24) is 28.7 Å². The van der Waals surface area contributed by atoms with Crippen LogP contribution >= 0.6 is 0 Å². The highest BCUT2D eigenvalue weighted by Crippen LogP contribution is 2.28. The summed E-state index contributed by atoms with van der Waals surface area (Å²) in [6.07, 6.45) is 3.18. The second-order valence-electron chi connectivity index (χ2n) is 8.13. The Balaban J connectivity index is 1.51. The summed E-state index contributed by atoms with van der Waals surface area (Å²) in [6, 6.07) is 23.1. The van der Waals surface area contributed by atoms with Gasteiger partial charge in [0.15, 0.2) is 0 Å². The topological polar surface area (TPSA) is 100 Å².